The van der Waals surface area contributed by atoms with E-state index in [9.17, 15) is 9.59 Å². The van der Waals surface area contributed by atoms with Crippen molar-refractivity contribution in [2.24, 2.45) is 5.41 Å². The number of rotatable bonds is 0. The number of hydrogen-bond donors (Lipinski definition) is 0. The van der Waals surface area contributed by atoms with Crippen molar-refractivity contribution in [3.8, 4) is 0 Å². The first-order chi connectivity index (χ1) is 8.21. The average molecular weight is 242 g/mol. The maximum absolute atomic E-state index is 12.0. The van der Waals surface area contributed by atoms with E-state index in [-0.39, 0.29) is 11.2 Å². The van der Waals surface area contributed by atoms with E-state index < -0.39 is 5.78 Å². The third-order valence-electron chi connectivity index (χ3n) is 3.48. The lowest BCUT2D eigenvalue weighted by Crippen LogP contribution is -2.23. The molecule has 0 bridgehead atoms. The zero-order valence-electron chi connectivity index (χ0n) is 11.5. The lowest BCUT2D eigenvalue weighted by atomic mass is 9.75. The van der Waals surface area contributed by atoms with Gasteiger partial charge in [0.2, 0.25) is 11.6 Å². The minimum Gasteiger partial charge on any atom is -0.286 e. The second kappa shape index (κ2) is 3.91. The molecule has 0 aromatic heterocycles. The SMILES string of the molecule is Cc1cc2c(cc1C)C(C(C)(C)C)=CC(=O)C2=O. The van der Waals surface area contributed by atoms with Gasteiger partial charge >= 0.3 is 0 Å². The van der Waals surface area contributed by atoms with Crippen LogP contribution in [0.1, 0.15) is 47.8 Å². The highest BCUT2D eigenvalue weighted by Crippen LogP contribution is 2.39. The number of fused-ring (bicyclic) bond motifs is 1. The quantitative estimate of drug-likeness (QED) is 0.652. The van der Waals surface area contributed by atoms with E-state index in [1.807, 2.05) is 26.0 Å². The van der Waals surface area contributed by atoms with Gasteiger partial charge in [-0.05, 0) is 53.7 Å². The first kappa shape index (κ1) is 12.7. The molecule has 1 aliphatic carbocycles. The molecule has 1 aliphatic rings. The smallest absolute Gasteiger partial charge is 0.233 e. The molecule has 2 rings (SSSR count). The van der Waals surface area contributed by atoms with Gasteiger partial charge in [-0.3, -0.25) is 9.59 Å². The van der Waals surface area contributed by atoms with E-state index in [2.05, 4.69) is 20.8 Å². The highest BCUT2D eigenvalue weighted by molar-refractivity contribution is 6.50. The molecule has 0 aliphatic heterocycles. The molecule has 1 aromatic carbocycles. The Balaban J connectivity index is 2.77. The minimum atomic E-state index is -0.407. The Kier molecular flexibility index (Phi) is 2.77. The summed E-state index contributed by atoms with van der Waals surface area (Å²) in [4.78, 5) is 23.7. The van der Waals surface area contributed by atoms with Gasteiger partial charge in [0, 0.05) is 5.56 Å². The fourth-order valence-electron chi connectivity index (χ4n) is 2.25. The van der Waals surface area contributed by atoms with Crippen molar-refractivity contribution in [1.29, 1.82) is 0 Å². The van der Waals surface area contributed by atoms with Crippen LogP contribution in [0.4, 0.5) is 0 Å². The molecule has 0 radical (unpaired) electrons. The van der Waals surface area contributed by atoms with Crippen LogP contribution in [-0.4, -0.2) is 11.6 Å². The maximum Gasteiger partial charge on any atom is 0.233 e. The predicted molar refractivity (Wildman–Crippen MR) is 72.7 cm³/mol. The van der Waals surface area contributed by atoms with Gasteiger partial charge < -0.3 is 0 Å². The predicted octanol–water partition coefficient (Wildman–Crippen LogP) is 3.50. The van der Waals surface area contributed by atoms with Crippen LogP contribution < -0.4 is 0 Å². The van der Waals surface area contributed by atoms with Crippen LogP contribution in [0.25, 0.3) is 5.57 Å². The number of ketones is 2. The fraction of sp³-hybridized carbons (Fsp3) is 0.375. The van der Waals surface area contributed by atoms with Crippen LogP contribution in [0.5, 0.6) is 0 Å². The lowest BCUT2D eigenvalue weighted by molar-refractivity contribution is -0.111. The highest BCUT2D eigenvalue weighted by Gasteiger charge is 2.31. The molecule has 0 fully saturated rings. The van der Waals surface area contributed by atoms with Crippen molar-refractivity contribution < 1.29 is 9.59 Å². The lowest BCUT2D eigenvalue weighted by Gasteiger charge is -2.28. The number of carbonyl (C=O) groups excluding carboxylic acids is 2. The van der Waals surface area contributed by atoms with Crippen molar-refractivity contribution >= 4 is 17.1 Å². The summed E-state index contributed by atoms with van der Waals surface area (Å²) in [7, 11) is 0. The Bertz CT molecular complexity index is 584. The topological polar surface area (TPSA) is 34.1 Å². The Labute approximate surface area is 108 Å². The molecule has 0 N–H and O–H groups in total. The molecule has 0 unspecified atom stereocenters. The molecule has 0 spiro atoms. The zero-order chi connectivity index (χ0) is 13.7. The van der Waals surface area contributed by atoms with Gasteiger partial charge in [-0.2, -0.15) is 0 Å². The van der Waals surface area contributed by atoms with Gasteiger partial charge in [-0.25, -0.2) is 0 Å². The summed E-state index contributed by atoms with van der Waals surface area (Å²) in [5, 5.41) is 0. The summed E-state index contributed by atoms with van der Waals surface area (Å²) >= 11 is 0. The average Bonchev–Trinajstić information content (AvgIpc) is 2.25. The normalized spacial score (nSPS) is 15.5. The fourth-order valence-corrected chi connectivity index (χ4v) is 2.25. The summed E-state index contributed by atoms with van der Waals surface area (Å²) in [6.45, 7) is 10.2. The number of benzene rings is 1. The molecule has 0 saturated heterocycles. The molecule has 0 atom stereocenters. The van der Waals surface area contributed by atoms with Crippen molar-refractivity contribution in [1.82, 2.24) is 0 Å². The number of hydrogen-bond acceptors (Lipinski definition) is 2. The maximum atomic E-state index is 12.0. The Morgan fingerprint density at radius 3 is 1.89 bits per heavy atom. The molecule has 18 heavy (non-hydrogen) atoms. The van der Waals surface area contributed by atoms with Crippen molar-refractivity contribution in [2.75, 3.05) is 0 Å². The summed E-state index contributed by atoms with van der Waals surface area (Å²) < 4.78 is 0. The largest absolute Gasteiger partial charge is 0.286 e. The molecular weight excluding hydrogens is 224 g/mol. The van der Waals surface area contributed by atoms with Crippen molar-refractivity contribution in [3.63, 3.8) is 0 Å². The van der Waals surface area contributed by atoms with Crippen molar-refractivity contribution in [3.05, 3.63) is 40.5 Å². The number of allylic oxidation sites excluding steroid dienone is 2. The van der Waals surface area contributed by atoms with Gasteiger partial charge in [0.05, 0.1) is 0 Å². The van der Waals surface area contributed by atoms with E-state index in [1.54, 1.807) is 0 Å². The first-order valence-corrected chi connectivity index (χ1v) is 6.14. The summed E-state index contributed by atoms with van der Waals surface area (Å²) in [5.74, 6) is -0.795. The van der Waals surface area contributed by atoms with Crippen LogP contribution in [0.3, 0.4) is 0 Å². The zero-order valence-corrected chi connectivity index (χ0v) is 11.5. The highest BCUT2D eigenvalue weighted by atomic mass is 16.2. The van der Waals surface area contributed by atoms with E-state index in [0.717, 1.165) is 22.3 Å². The van der Waals surface area contributed by atoms with Gasteiger partial charge in [0.25, 0.3) is 0 Å². The molecule has 2 nitrogen and oxygen atoms in total. The summed E-state index contributed by atoms with van der Waals surface area (Å²) in [5.41, 5.74) is 4.46. The second-order valence-electron chi connectivity index (χ2n) is 5.98. The van der Waals surface area contributed by atoms with Crippen LogP contribution in [-0.2, 0) is 4.79 Å². The molecule has 94 valence electrons. The monoisotopic (exact) mass is 242 g/mol. The number of aryl methyl sites for hydroxylation is 2. The molecule has 2 heteroatoms. The number of carbonyl (C=O) groups is 2. The van der Waals surface area contributed by atoms with Gasteiger partial charge in [-0.1, -0.05) is 26.8 Å². The van der Waals surface area contributed by atoms with E-state index >= 15 is 0 Å². The summed E-state index contributed by atoms with van der Waals surface area (Å²) in [6.07, 6.45) is 1.50. The van der Waals surface area contributed by atoms with E-state index in [4.69, 9.17) is 0 Å². The van der Waals surface area contributed by atoms with E-state index in [1.165, 1.54) is 6.08 Å². The van der Waals surface area contributed by atoms with Crippen LogP contribution in [0.15, 0.2) is 18.2 Å². The third kappa shape index (κ3) is 1.92. The standard InChI is InChI=1S/C16H18O2/c1-9-6-11-12(7-10(9)2)15(18)14(17)8-13(11)16(3,4)5/h6-8H,1-5H3. The van der Waals surface area contributed by atoms with E-state index in [0.29, 0.717) is 5.56 Å². The van der Waals surface area contributed by atoms with Crippen LogP contribution in [0, 0.1) is 19.3 Å². The van der Waals surface area contributed by atoms with Gasteiger partial charge in [-0.15, -0.1) is 0 Å². The second-order valence-corrected chi connectivity index (χ2v) is 5.98. The Hall–Kier alpha value is -1.70. The van der Waals surface area contributed by atoms with Crippen LogP contribution >= 0.6 is 0 Å². The molecule has 0 heterocycles. The Morgan fingerprint density at radius 2 is 1.39 bits per heavy atom. The van der Waals surface area contributed by atoms with Gasteiger partial charge in [0.15, 0.2) is 0 Å². The first-order valence-electron chi connectivity index (χ1n) is 6.14. The number of Topliss-reactive ketones (excluding diaryl/α,β-unsaturated/α-hetero) is 1. The van der Waals surface area contributed by atoms with Crippen LogP contribution in [0.2, 0.25) is 0 Å². The Morgan fingerprint density at radius 1 is 0.889 bits per heavy atom. The third-order valence-corrected chi connectivity index (χ3v) is 3.48. The molecular formula is C16H18O2. The molecule has 0 saturated carbocycles. The molecule has 1 aromatic rings. The minimum absolute atomic E-state index is 0.146. The van der Waals surface area contributed by atoms with Gasteiger partial charge in [0.1, 0.15) is 0 Å². The van der Waals surface area contributed by atoms with Crippen molar-refractivity contribution in [2.45, 2.75) is 34.6 Å². The molecule has 0 amide bonds. The summed E-state index contributed by atoms with van der Waals surface area (Å²) in [6, 6.07) is 3.86.